The zero-order chi connectivity index (χ0) is 20.6. The zero-order valence-electron chi connectivity index (χ0n) is 17.0. The molecule has 1 aromatic heterocycles. The van der Waals surface area contributed by atoms with Gasteiger partial charge in [-0.1, -0.05) is 18.2 Å². The molecule has 152 valence electrons. The number of aryl methyl sites for hydroxylation is 1. The van der Waals surface area contributed by atoms with Crippen molar-refractivity contribution < 1.29 is 14.2 Å². The van der Waals surface area contributed by atoms with Crippen molar-refractivity contribution in [3.8, 4) is 17.2 Å². The first-order valence-electron chi connectivity index (χ1n) is 9.56. The number of rotatable bonds is 9. The van der Waals surface area contributed by atoms with Gasteiger partial charge in [0.25, 0.3) is 0 Å². The van der Waals surface area contributed by atoms with E-state index in [1.807, 2.05) is 63.2 Å². The number of aromatic nitrogens is 2. The first-order valence-corrected chi connectivity index (χ1v) is 9.56. The van der Waals surface area contributed by atoms with Gasteiger partial charge in [-0.2, -0.15) is 5.10 Å². The molecule has 0 spiro atoms. The summed E-state index contributed by atoms with van der Waals surface area (Å²) in [7, 11) is 0. The monoisotopic (exact) mass is 394 g/mol. The maximum atomic E-state index is 5.94. The predicted octanol–water partition coefficient (Wildman–Crippen LogP) is 4.03. The van der Waals surface area contributed by atoms with Crippen LogP contribution in [0, 0.1) is 6.92 Å². The average molecular weight is 394 g/mol. The van der Waals surface area contributed by atoms with E-state index in [9.17, 15) is 0 Å². The Balaban J connectivity index is 1.67. The van der Waals surface area contributed by atoms with Crippen LogP contribution in [0.4, 0.5) is 5.95 Å². The molecule has 0 atom stereocenters. The van der Waals surface area contributed by atoms with Crippen LogP contribution in [-0.2, 0) is 6.61 Å². The number of nitrogen functional groups attached to an aromatic ring is 1. The van der Waals surface area contributed by atoms with Crippen LogP contribution < -0.4 is 19.9 Å². The number of anilines is 1. The lowest BCUT2D eigenvalue weighted by molar-refractivity contribution is 0.283. The summed E-state index contributed by atoms with van der Waals surface area (Å²) in [6, 6.07) is 13.5. The second-order valence-electron chi connectivity index (χ2n) is 6.34. The molecule has 29 heavy (non-hydrogen) atoms. The maximum Gasteiger partial charge on any atom is 0.221 e. The van der Waals surface area contributed by atoms with Gasteiger partial charge in [0.2, 0.25) is 5.95 Å². The third-order valence-corrected chi connectivity index (χ3v) is 4.04. The molecule has 0 aliphatic carbocycles. The number of hydrogen-bond donors (Lipinski definition) is 1. The third-order valence-electron chi connectivity index (χ3n) is 4.04. The van der Waals surface area contributed by atoms with Crippen LogP contribution in [0.2, 0.25) is 0 Å². The zero-order valence-corrected chi connectivity index (χ0v) is 17.0. The molecule has 7 heteroatoms. The van der Waals surface area contributed by atoms with Gasteiger partial charge < -0.3 is 19.9 Å². The first kappa shape index (κ1) is 20.3. The first-order chi connectivity index (χ1) is 14.1. The Morgan fingerprint density at radius 1 is 1.03 bits per heavy atom. The minimum atomic E-state index is 0.353. The van der Waals surface area contributed by atoms with Crippen molar-refractivity contribution in [2.24, 2.45) is 5.10 Å². The number of nitrogens with zero attached hydrogens (tertiary/aromatic N) is 3. The molecule has 0 unspecified atom stereocenters. The number of hydrogen-bond acceptors (Lipinski definition) is 6. The minimum Gasteiger partial charge on any atom is -0.490 e. The Bertz CT molecular complexity index is 982. The number of benzene rings is 2. The van der Waals surface area contributed by atoms with Crippen LogP contribution in [0.25, 0.3) is 0 Å². The SMILES string of the molecule is CCOc1ccc(COc2cccc(C=Nn3cc(C)nc3N)c2)cc1OCC. The summed E-state index contributed by atoms with van der Waals surface area (Å²) in [5.41, 5.74) is 8.52. The van der Waals surface area contributed by atoms with E-state index >= 15 is 0 Å². The lowest BCUT2D eigenvalue weighted by Gasteiger charge is -2.13. The van der Waals surface area contributed by atoms with Crippen molar-refractivity contribution in [3.05, 3.63) is 65.5 Å². The van der Waals surface area contributed by atoms with Gasteiger partial charge >= 0.3 is 0 Å². The predicted molar refractivity (Wildman–Crippen MR) is 114 cm³/mol. The van der Waals surface area contributed by atoms with Gasteiger partial charge in [0.1, 0.15) is 12.4 Å². The number of nitrogens with two attached hydrogens (primary N) is 1. The van der Waals surface area contributed by atoms with Crippen LogP contribution in [-0.4, -0.2) is 29.1 Å². The highest BCUT2D eigenvalue weighted by molar-refractivity contribution is 5.80. The van der Waals surface area contributed by atoms with E-state index in [1.54, 1.807) is 12.4 Å². The van der Waals surface area contributed by atoms with Crippen molar-refractivity contribution in [3.63, 3.8) is 0 Å². The molecule has 0 aliphatic heterocycles. The molecular formula is C22H26N4O3. The van der Waals surface area contributed by atoms with Crippen LogP contribution in [0.15, 0.2) is 53.8 Å². The van der Waals surface area contributed by atoms with Crippen LogP contribution in [0.3, 0.4) is 0 Å². The number of ether oxygens (including phenoxy) is 3. The van der Waals surface area contributed by atoms with Gasteiger partial charge in [0.05, 0.1) is 31.3 Å². The fourth-order valence-corrected chi connectivity index (χ4v) is 2.76. The normalized spacial score (nSPS) is 11.0. The molecule has 0 saturated carbocycles. The van der Waals surface area contributed by atoms with Crippen LogP contribution in [0.1, 0.15) is 30.7 Å². The van der Waals surface area contributed by atoms with Crippen LogP contribution in [0.5, 0.6) is 17.2 Å². The molecular weight excluding hydrogens is 368 g/mol. The van der Waals surface area contributed by atoms with E-state index in [0.717, 1.165) is 34.1 Å². The molecule has 0 saturated heterocycles. The van der Waals surface area contributed by atoms with E-state index in [-0.39, 0.29) is 0 Å². The van der Waals surface area contributed by atoms with Crippen molar-refractivity contribution in [1.82, 2.24) is 9.66 Å². The van der Waals surface area contributed by atoms with E-state index in [0.29, 0.717) is 25.8 Å². The Kier molecular flexibility index (Phi) is 6.73. The van der Waals surface area contributed by atoms with E-state index in [1.165, 1.54) is 4.68 Å². The standard InChI is InChI=1S/C22H26N4O3/c1-4-27-20-10-9-18(12-21(20)28-5-2)15-29-19-8-6-7-17(11-19)13-24-26-14-16(3)25-22(26)23/h6-14H,4-5,15H2,1-3H3,(H2,23,25). The minimum absolute atomic E-state index is 0.353. The molecule has 0 bridgehead atoms. The molecule has 3 aromatic rings. The quantitative estimate of drug-likeness (QED) is 0.554. The third kappa shape index (κ3) is 5.51. The van der Waals surface area contributed by atoms with Crippen LogP contribution >= 0.6 is 0 Å². The van der Waals surface area contributed by atoms with Crippen molar-refractivity contribution in [1.29, 1.82) is 0 Å². The maximum absolute atomic E-state index is 5.94. The summed E-state index contributed by atoms with van der Waals surface area (Å²) in [5, 5.41) is 4.33. The van der Waals surface area contributed by atoms with Gasteiger partial charge in [0.15, 0.2) is 11.5 Å². The Labute approximate surface area is 170 Å². The van der Waals surface area contributed by atoms with Gasteiger partial charge in [-0.3, -0.25) is 0 Å². The van der Waals surface area contributed by atoms with Crippen molar-refractivity contribution >= 4 is 12.2 Å². The molecule has 3 rings (SSSR count). The molecule has 2 aromatic carbocycles. The highest BCUT2D eigenvalue weighted by atomic mass is 16.5. The fraction of sp³-hybridized carbons (Fsp3) is 0.273. The molecule has 0 aliphatic rings. The molecule has 0 fully saturated rings. The summed E-state index contributed by atoms with van der Waals surface area (Å²) in [6.45, 7) is 7.35. The summed E-state index contributed by atoms with van der Waals surface area (Å²) >= 11 is 0. The molecule has 7 nitrogen and oxygen atoms in total. The topological polar surface area (TPSA) is 83.9 Å². The molecule has 2 N–H and O–H groups in total. The Morgan fingerprint density at radius 2 is 1.83 bits per heavy atom. The number of imidazole rings is 1. The van der Waals surface area contributed by atoms with Gasteiger partial charge in [-0.05, 0) is 56.2 Å². The lowest BCUT2D eigenvalue weighted by Crippen LogP contribution is -2.01. The van der Waals surface area contributed by atoms with Gasteiger partial charge in [0, 0.05) is 0 Å². The molecule has 0 amide bonds. The lowest BCUT2D eigenvalue weighted by atomic mass is 10.2. The van der Waals surface area contributed by atoms with Crippen molar-refractivity contribution in [2.75, 3.05) is 18.9 Å². The largest absolute Gasteiger partial charge is 0.490 e. The van der Waals surface area contributed by atoms with E-state index in [4.69, 9.17) is 19.9 Å². The fourth-order valence-electron chi connectivity index (χ4n) is 2.76. The Hall–Kier alpha value is -3.48. The van der Waals surface area contributed by atoms with E-state index in [2.05, 4.69) is 10.1 Å². The second-order valence-corrected chi connectivity index (χ2v) is 6.34. The Morgan fingerprint density at radius 3 is 2.55 bits per heavy atom. The van der Waals surface area contributed by atoms with Crippen molar-refractivity contribution in [2.45, 2.75) is 27.4 Å². The van der Waals surface area contributed by atoms with Gasteiger partial charge in [-0.25, -0.2) is 9.66 Å². The smallest absolute Gasteiger partial charge is 0.221 e. The molecule has 0 radical (unpaired) electrons. The summed E-state index contributed by atoms with van der Waals surface area (Å²) < 4.78 is 18.8. The highest BCUT2D eigenvalue weighted by Gasteiger charge is 2.07. The summed E-state index contributed by atoms with van der Waals surface area (Å²) in [4.78, 5) is 4.13. The average Bonchev–Trinajstić information content (AvgIpc) is 3.04. The highest BCUT2D eigenvalue weighted by Crippen LogP contribution is 2.29. The molecule has 1 heterocycles. The second kappa shape index (κ2) is 9.64. The van der Waals surface area contributed by atoms with E-state index < -0.39 is 0 Å². The summed E-state index contributed by atoms with van der Waals surface area (Å²) in [5.74, 6) is 2.57. The summed E-state index contributed by atoms with van der Waals surface area (Å²) in [6.07, 6.45) is 3.49. The van der Waals surface area contributed by atoms with Gasteiger partial charge in [-0.15, -0.1) is 0 Å².